The van der Waals surface area contributed by atoms with Gasteiger partial charge >= 0.3 is 41.7 Å². The number of aliphatic carboxylic acids is 1. The molecule has 0 fully saturated rings. The molecule has 0 aliphatic heterocycles. The van der Waals surface area contributed by atoms with E-state index in [-0.39, 0.29) is 41.4 Å². The quantitative estimate of drug-likeness (QED) is 0.689. The molecule has 23 heavy (non-hydrogen) atoms. The monoisotopic (exact) mass is 385 g/mol. The number of hydrogen-bond donors (Lipinski definition) is 2. The molecule has 6 nitrogen and oxygen atoms in total. The molecular weight excluding hydrogens is 374 g/mol. The van der Waals surface area contributed by atoms with Crippen LogP contribution in [0.1, 0.15) is 12.5 Å². The van der Waals surface area contributed by atoms with E-state index in [1.165, 1.54) is 12.1 Å². The van der Waals surface area contributed by atoms with Crippen molar-refractivity contribution >= 4 is 27.8 Å². The van der Waals surface area contributed by atoms with E-state index in [0.717, 1.165) is 5.56 Å². The maximum absolute atomic E-state index is 11.5. The molecule has 1 aromatic rings. The second kappa shape index (κ2) is 9.21. The Hall–Kier alpha value is -0.360. The van der Waals surface area contributed by atoms with Crippen molar-refractivity contribution in [2.45, 2.75) is 30.5 Å². The predicted molar refractivity (Wildman–Crippen MR) is 71.9 cm³/mol. The van der Waals surface area contributed by atoms with Gasteiger partial charge in [0.05, 0.1) is 0 Å². The van der Waals surface area contributed by atoms with Gasteiger partial charge in [0.1, 0.15) is 10.0 Å². The van der Waals surface area contributed by atoms with Gasteiger partial charge in [-0.15, -0.1) is 0 Å². The molecule has 0 saturated heterocycles. The van der Waals surface area contributed by atoms with E-state index in [9.17, 15) is 26.4 Å². The number of nitrogens with zero attached hydrogens (tertiary/aromatic N) is 1. The van der Waals surface area contributed by atoms with Crippen molar-refractivity contribution in [3.05, 3.63) is 34.1 Å². The molecule has 1 atom stereocenters. The average molecular weight is 386 g/mol. The Kier molecular flexibility index (Phi) is 9.96. The summed E-state index contributed by atoms with van der Waals surface area (Å²) < 4.78 is 59.2. The van der Waals surface area contributed by atoms with Crippen LogP contribution in [0.2, 0.25) is 0 Å². The number of carboxylic acids is 1. The van der Waals surface area contributed by atoms with E-state index in [4.69, 9.17) is 22.0 Å². The zero-order chi connectivity index (χ0) is 17.8. The molecule has 0 aliphatic carbocycles. The molecule has 2 N–H and O–H groups in total. The molecule has 0 heterocycles. The normalized spacial score (nSPS) is 13.9. The molecule has 1 unspecified atom stereocenters. The van der Waals surface area contributed by atoms with Gasteiger partial charge in [0.15, 0.2) is 0 Å². The van der Waals surface area contributed by atoms with Crippen LogP contribution < -0.4 is 29.6 Å². The fraction of sp³-hybridized carbons (Fsp3) is 0.364. The third-order valence-electron chi connectivity index (χ3n) is 2.38. The average Bonchev–Trinajstić information content (AvgIpc) is 2.38. The first kappa shape index (κ1) is 24.9. The first-order chi connectivity index (χ1) is 9.75. The number of rotatable bonds is 3. The van der Waals surface area contributed by atoms with E-state index in [1.54, 1.807) is 12.1 Å². The Morgan fingerprint density at radius 3 is 1.83 bits per heavy atom. The summed E-state index contributed by atoms with van der Waals surface area (Å²) >= 11 is 4.90. The van der Waals surface area contributed by atoms with Crippen molar-refractivity contribution in [1.82, 2.24) is 0 Å². The zero-order valence-corrected chi connectivity index (χ0v) is 15.9. The molecule has 0 aromatic heterocycles. The molecule has 0 spiro atoms. The van der Waals surface area contributed by atoms with Gasteiger partial charge in [-0.05, 0) is 26.0 Å². The second-order valence-electron chi connectivity index (χ2n) is 4.23. The SMILES string of the molecule is CC(O)(C(=O)O)C(F)(F)F.Cc1ccc(S(=O)(=O)[N-]Cl)cc1.[Na+]. The number of alkyl halides is 3. The Labute approximate surface area is 158 Å². The van der Waals surface area contributed by atoms with Gasteiger partial charge in [-0.25, -0.2) is 13.2 Å². The number of halogens is 4. The summed E-state index contributed by atoms with van der Waals surface area (Å²) in [6.45, 7) is 2.05. The van der Waals surface area contributed by atoms with Crippen molar-refractivity contribution in [1.29, 1.82) is 0 Å². The van der Waals surface area contributed by atoms with E-state index in [0.29, 0.717) is 0 Å². The van der Waals surface area contributed by atoms with E-state index < -0.39 is 27.8 Å². The van der Waals surface area contributed by atoms with Gasteiger partial charge in [0.2, 0.25) is 0 Å². The van der Waals surface area contributed by atoms with Crippen molar-refractivity contribution in [2.75, 3.05) is 0 Å². The van der Waals surface area contributed by atoms with Gasteiger partial charge in [-0.2, -0.15) is 13.2 Å². The standard InChI is InChI=1S/C7H7ClNO2S.C4H5F3O3.Na/c1-6-2-4-7(5-3-6)12(10,11)9-8;1-3(10,2(8)9)4(5,6)7;/h2-5H,1H3;10H,1H3,(H,8,9);/q-1;;+1. The zero-order valence-electron chi connectivity index (χ0n) is 12.3. The summed E-state index contributed by atoms with van der Waals surface area (Å²) in [6, 6.07) is 6.32. The molecule has 12 heteroatoms. The molecule has 126 valence electrons. The van der Waals surface area contributed by atoms with Crippen LogP contribution in [0.4, 0.5) is 13.2 Å². The number of aryl methyl sites for hydroxylation is 1. The smallest absolute Gasteiger partial charge is 0.479 e. The van der Waals surface area contributed by atoms with Crippen LogP contribution in [-0.4, -0.2) is 36.4 Å². The van der Waals surface area contributed by atoms with Crippen molar-refractivity contribution in [3.63, 3.8) is 0 Å². The maximum atomic E-state index is 11.5. The number of carboxylic acid groups (broad SMARTS) is 1. The summed E-state index contributed by atoms with van der Waals surface area (Å²) in [6.07, 6.45) is -5.13. The van der Waals surface area contributed by atoms with Gasteiger partial charge in [0.25, 0.3) is 5.60 Å². The minimum absolute atomic E-state index is 0. The molecular formula is C11H12ClF3NNaO5S. The summed E-state index contributed by atoms with van der Waals surface area (Å²) in [5.74, 6) is -2.31. The van der Waals surface area contributed by atoms with Gasteiger partial charge < -0.3 is 14.5 Å². The van der Waals surface area contributed by atoms with E-state index in [1.807, 2.05) is 6.92 Å². The minimum atomic E-state index is -5.13. The minimum Gasteiger partial charge on any atom is -0.479 e. The molecule has 1 aromatic carbocycles. The first-order valence-electron chi connectivity index (χ1n) is 5.43. The van der Waals surface area contributed by atoms with Crippen molar-refractivity contribution < 1.29 is 66.2 Å². The fourth-order valence-corrected chi connectivity index (χ4v) is 1.67. The van der Waals surface area contributed by atoms with E-state index >= 15 is 0 Å². The maximum Gasteiger partial charge on any atom is 1.00 e. The summed E-state index contributed by atoms with van der Waals surface area (Å²) in [5.41, 5.74) is -2.66. The summed E-state index contributed by atoms with van der Waals surface area (Å²) in [7, 11) is -3.62. The number of aliphatic hydroxyl groups is 1. The van der Waals surface area contributed by atoms with E-state index in [2.05, 4.69) is 4.24 Å². The first-order valence-corrected chi connectivity index (χ1v) is 7.21. The molecule has 0 aliphatic rings. The van der Waals surface area contributed by atoms with Crippen LogP contribution in [0.25, 0.3) is 4.24 Å². The van der Waals surface area contributed by atoms with Crippen LogP contribution in [-0.2, 0) is 14.8 Å². The van der Waals surface area contributed by atoms with Crippen LogP contribution in [0, 0.1) is 6.92 Å². The third-order valence-corrected chi connectivity index (χ3v) is 3.97. The molecule has 0 saturated carbocycles. The Morgan fingerprint density at radius 1 is 1.22 bits per heavy atom. The third kappa shape index (κ3) is 7.38. The molecule has 0 bridgehead atoms. The number of benzene rings is 1. The number of hydrogen-bond acceptors (Lipinski definition) is 4. The van der Waals surface area contributed by atoms with Crippen LogP contribution >= 0.6 is 11.8 Å². The molecule has 0 radical (unpaired) electrons. The Bertz CT molecular complexity index is 620. The van der Waals surface area contributed by atoms with Crippen molar-refractivity contribution in [2.24, 2.45) is 0 Å². The fourth-order valence-electron chi connectivity index (χ4n) is 0.871. The van der Waals surface area contributed by atoms with Gasteiger partial charge in [0, 0.05) is 4.90 Å². The number of carbonyl (C=O) groups is 1. The van der Waals surface area contributed by atoms with Crippen LogP contribution in [0.15, 0.2) is 29.2 Å². The van der Waals surface area contributed by atoms with Gasteiger partial charge in [-0.3, -0.25) is 11.8 Å². The Balaban J connectivity index is 0. The largest absolute Gasteiger partial charge is 1.00 e. The summed E-state index contributed by atoms with van der Waals surface area (Å²) in [5, 5.41) is 16.0. The topological polar surface area (TPSA) is 106 Å². The predicted octanol–water partition coefficient (Wildman–Crippen LogP) is -0.400. The van der Waals surface area contributed by atoms with Crippen LogP contribution in [0.5, 0.6) is 0 Å². The summed E-state index contributed by atoms with van der Waals surface area (Å²) in [4.78, 5) is 9.81. The molecule has 0 amide bonds. The molecule has 1 rings (SSSR count). The van der Waals surface area contributed by atoms with Crippen molar-refractivity contribution in [3.8, 4) is 0 Å². The Morgan fingerprint density at radius 2 is 1.61 bits per heavy atom. The van der Waals surface area contributed by atoms with Gasteiger partial charge in [-0.1, -0.05) is 17.7 Å². The number of sulfonamides is 1. The van der Waals surface area contributed by atoms with Crippen LogP contribution in [0.3, 0.4) is 0 Å². The second-order valence-corrected chi connectivity index (χ2v) is 6.21.